The molecule has 0 bridgehead atoms. The molecule has 0 fully saturated rings. The standard InChI is InChI=1S/C14H21N7O2/c1-8(2)13-18-17-11-7-20(6-9(3)21(11)13)12(22)5-4-10-15-14(23)19-16-10/h8-9H,4-7H2,1-3H3,(H2,15,16,19,23)/t9-/m0/s1. The van der Waals surface area contributed by atoms with Crippen molar-refractivity contribution < 1.29 is 4.79 Å². The van der Waals surface area contributed by atoms with E-state index in [9.17, 15) is 9.59 Å². The van der Waals surface area contributed by atoms with Crippen molar-refractivity contribution in [2.45, 2.75) is 52.1 Å². The van der Waals surface area contributed by atoms with Crippen LogP contribution in [-0.2, 0) is 17.8 Å². The van der Waals surface area contributed by atoms with Gasteiger partial charge in [-0.15, -0.1) is 10.2 Å². The summed E-state index contributed by atoms with van der Waals surface area (Å²) in [6, 6.07) is 0.153. The van der Waals surface area contributed by atoms with Crippen molar-refractivity contribution in [3.05, 3.63) is 28.0 Å². The Morgan fingerprint density at radius 3 is 2.83 bits per heavy atom. The fourth-order valence-corrected chi connectivity index (χ4v) is 2.95. The smallest absolute Gasteiger partial charge is 0.333 e. The van der Waals surface area contributed by atoms with E-state index in [1.165, 1.54) is 0 Å². The average Bonchev–Trinajstić information content (AvgIpc) is 3.11. The maximum atomic E-state index is 12.4. The SMILES string of the molecule is CC(C)c1nnc2n1[C@@H](C)CN(C(=O)CCc1n[nH]c(=O)[nH]1)C2. The molecule has 0 saturated carbocycles. The summed E-state index contributed by atoms with van der Waals surface area (Å²) in [5, 5.41) is 14.6. The first-order chi connectivity index (χ1) is 11.0. The van der Waals surface area contributed by atoms with Crippen LogP contribution < -0.4 is 5.69 Å². The van der Waals surface area contributed by atoms with Crippen molar-refractivity contribution in [2.75, 3.05) is 6.54 Å². The number of fused-ring (bicyclic) bond motifs is 1. The summed E-state index contributed by atoms with van der Waals surface area (Å²) >= 11 is 0. The van der Waals surface area contributed by atoms with E-state index in [2.05, 4.69) is 50.7 Å². The Balaban J connectivity index is 1.67. The highest BCUT2D eigenvalue weighted by atomic mass is 16.2. The number of aryl methyl sites for hydroxylation is 1. The average molecular weight is 319 g/mol. The van der Waals surface area contributed by atoms with Gasteiger partial charge < -0.3 is 9.47 Å². The molecule has 2 aromatic heterocycles. The summed E-state index contributed by atoms with van der Waals surface area (Å²) < 4.78 is 2.14. The molecule has 3 heterocycles. The summed E-state index contributed by atoms with van der Waals surface area (Å²) in [6.45, 7) is 7.36. The number of nitrogens with zero attached hydrogens (tertiary/aromatic N) is 5. The second-order valence-corrected chi connectivity index (χ2v) is 6.25. The summed E-state index contributed by atoms with van der Waals surface area (Å²) in [4.78, 5) is 27.8. The van der Waals surface area contributed by atoms with E-state index in [4.69, 9.17) is 0 Å². The van der Waals surface area contributed by atoms with E-state index in [1.54, 1.807) is 4.90 Å². The van der Waals surface area contributed by atoms with Crippen LogP contribution in [0.4, 0.5) is 0 Å². The number of amides is 1. The Morgan fingerprint density at radius 2 is 2.17 bits per heavy atom. The minimum Gasteiger partial charge on any atom is -0.333 e. The molecule has 3 rings (SSSR count). The third-order valence-corrected chi connectivity index (χ3v) is 4.05. The van der Waals surface area contributed by atoms with Gasteiger partial charge in [0, 0.05) is 25.3 Å². The monoisotopic (exact) mass is 319 g/mol. The first-order valence-electron chi connectivity index (χ1n) is 7.80. The van der Waals surface area contributed by atoms with E-state index < -0.39 is 0 Å². The van der Waals surface area contributed by atoms with E-state index >= 15 is 0 Å². The van der Waals surface area contributed by atoms with Crippen molar-refractivity contribution in [1.29, 1.82) is 0 Å². The molecular formula is C14H21N7O2. The van der Waals surface area contributed by atoms with Crippen LogP contribution in [0.15, 0.2) is 4.79 Å². The van der Waals surface area contributed by atoms with Crippen LogP contribution in [0.25, 0.3) is 0 Å². The molecule has 0 unspecified atom stereocenters. The highest BCUT2D eigenvalue weighted by Crippen LogP contribution is 2.25. The summed E-state index contributed by atoms with van der Waals surface area (Å²) in [5.74, 6) is 2.62. The molecule has 0 aromatic carbocycles. The van der Waals surface area contributed by atoms with Crippen molar-refractivity contribution in [3.8, 4) is 0 Å². The number of hydrogen-bond acceptors (Lipinski definition) is 5. The number of rotatable bonds is 4. The summed E-state index contributed by atoms with van der Waals surface area (Å²) in [6.07, 6.45) is 0.713. The summed E-state index contributed by atoms with van der Waals surface area (Å²) in [7, 11) is 0. The van der Waals surface area contributed by atoms with Crippen LogP contribution >= 0.6 is 0 Å². The highest BCUT2D eigenvalue weighted by Gasteiger charge is 2.29. The molecule has 0 spiro atoms. The lowest BCUT2D eigenvalue weighted by Crippen LogP contribution is -2.41. The van der Waals surface area contributed by atoms with Gasteiger partial charge in [-0.3, -0.25) is 9.78 Å². The molecule has 0 radical (unpaired) electrons. The normalized spacial score (nSPS) is 17.6. The molecule has 9 heteroatoms. The van der Waals surface area contributed by atoms with E-state index in [-0.39, 0.29) is 17.6 Å². The number of hydrogen-bond donors (Lipinski definition) is 2. The van der Waals surface area contributed by atoms with Gasteiger partial charge in [0.25, 0.3) is 0 Å². The number of aromatic nitrogens is 6. The molecule has 1 amide bonds. The fraction of sp³-hybridized carbons (Fsp3) is 0.643. The third-order valence-electron chi connectivity index (χ3n) is 4.05. The minimum absolute atomic E-state index is 0.0287. The van der Waals surface area contributed by atoms with E-state index in [0.29, 0.717) is 37.7 Å². The zero-order valence-corrected chi connectivity index (χ0v) is 13.5. The van der Waals surface area contributed by atoms with Gasteiger partial charge in [-0.2, -0.15) is 5.10 Å². The lowest BCUT2D eigenvalue weighted by molar-refractivity contribution is -0.133. The quantitative estimate of drug-likeness (QED) is 0.844. The first-order valence-corrected chi connectivity index (χ1v) is 7.80. The van der Waals surface area contributed by atoms with Gasteiger partial charge in [-0.05, 0) is 6.92 Å². The lowest BCUT2D eigenvalue weighted by atomic mass is 10.1. The van der Waals surface area contributed by atoms with Gasteiger partial charge in [0.05, 0.1) is 12.6 Å². The van der Waals surface area contributed by atoms with Gasteiger partial charge in [0.2, 0.25) is 5.91 Å². The van der Waals surface area contributed by atoms with Crippen LogP contribution in [-0.4, -0.2) is 47.3 Å². The van der Waals surface area contributed by atoms with E-state index in [0.717, 1.165) is 11.6 Å². The maximum Gasteiger partial charge on any atom is 0.340 e. The Labute approximate surface area is 133 Å². The number of carbonyl (C=O) groups excluding carboxylic acids is 1. The topological polar surface area (TPSA) is 113 Å². The fourth-order valence-electron chi connectivity index (χ4n) is 2.95. The third kappa shape index (κ3) is 3.03. The van der Waals surface area contributed by atoms with Crippen molar-refractivity contribution in [1.82, 2.24) is 34.8 Å². The van der Waals surface area contributed by atoms with Crippen molar-refractivity contribution >= 4 is 5.91 Å². The molecule has 1 aliphatic rings. The van der Waals surface area contributed by atoms with Gasteiger partial charge >= 0.3 is 5.69 Å². The Bertz CT molecular complexity index is 757. The largest absolute Gasteiger partial charge is 0.340 e. The maximum absolute atomic E-state index is 12.4. The molecule has 1 atom stereocenters. The van der Waals surface area contributed by atoms with Crippen molar-refractivity contribution in [2.24, 2.45) is 0 Å². The first kappa shape index (κ1) is 15.4. The molecular weight excluding hydrogens is 298 g/mol. The molecule has 2 aromatic rings. The molecule has 0 aliphatic carbocycles. The molecule has 1 aliphatic heterocycles. The predicted octanol–water partition coefficient (Wildman–Crippen LogP) is 0.349. The van der Waals surface area contributed by atoms with Gasteiger partial charge in [0.1, 0.15) is 11.6 Å². The van der Waals surface area contributed by atoms with Crippen LogP contribution in [0, 0.1) is 0 Å². The van der Waals surface area contributed by atoms with Crippen molar-refractivity contribution in [3.63, 3.8) is 0 Å². The molecule has 2 N–H and O–H groups in total. The zero-order chi connectivity index (χ0) is 16.6. The van der Waals surface area contributed by atoms with E-state index in [1.807, 2.05) is 0 Å². The Morgan fingerprint density at radius 1 is 1.39 bits per heavy atom. The molecule has 23 heavy (non-hydrogen) atoms. The highest BCUT2D eigenvalue weighted by molar-refractivity contribution is 5.76. The van der Waals surface area contributed by atoms with Crippen LogP contribution in [0.3, 0.4) is 0 Å². The Hall–Kier alpha value is -2.45. The molecule has 0 saturated heterocycles. The van der Waals surface area contributed by atoms with Gasteiger partial charge in [0.15, 0.2) is 5.82 Å². The number of nitrogens with one attached hydrogen (secondary N) is 2. The number of carbonyl (C=O) groups is 1. The second-order valence-electron chi connectivity index (χ2n) is 6.25. The Kier molecular flexibility index (Phi) is 4.01. The van der Waals surface area contributed by atoms with Crippen LogP contribution in [0.5, 0.6) is 0 Å². The van der Waals surface area contributed by atoms with Crippen LogP contribution in [0.1, 0.15) is 56.6 Å². The molecule has 124 valence electrons. The second kappa shape index (κ2) is 5.98. The van der Waals surface area contributed by atoms with Gasteiger partial charge in [-0.1, -0.05) is 13.8 Å². The zero-order valence-electron chi connectivity index (χ0n) is 13.5. The number of H-pyrrole nitrogens is 2. The molecule has 9 nitrogen and oxygen atoms in total. The van der Waals surface area contributed by atoms with Gasteiger partial charge in [-0.25, -0.2) is 9.89 Å². The minimum atomic E-state index is -0.353. The predicted molar refractivity (Wildman–Crippen MR) is 81.8 cm³/mol. The van der Waals surface area contributed by atoms with Crippen LogP contribution in [0.2, 0.25) is 0 Å². The lowest BCUT2D eigenvalue weighted by Gasteiger charge is -2.33. The summed E-state index contributed by atoms with van der Waals surface area (Å²) in [5.41, 5.74) is -0.353. The number of aromatic amines is 2.